The Bertz CT molecular complexity index is 723. The number of anilines is 1. The van der Waals surface area contributed by atoms with E-state index in [0.29, 0.717) is 6.04 Å². The molecule has 3 rings (SSSR count). The summed E-state index contributed by atoms with van der Waals surface area (Å²) in [5.41, 5.74) is 2.00. The molecule has 7 heteroatoms. The first-order chi connectivity index (χ1) is 11.0. The van der Waals surface area contributed by atoms with Crippen molar-refractivity contribution in [1.29, 1.82) is 0 Å². The summed E-state index contributed by atoms with van der Waals surface area (Å²) in [4.78, 5) is 11.5. The highest BCUT2D eigenvalue weighted by atomic mass is 32.2. The van der Waals surface area contributed by atoms with E-state index in [1.165, 1.54) is 0 Å². The lowest BCUT2D eigenvalue weighted by molar-refractivity contribution is 0.0989. The van der Waals surface area contributed by atoms with Crippen molar-refractivity contribution in [2.75, 3.05) is 37.2 Å². The molecule has 0 N–H and O–H groups in total. The van der Waals surface area contributed by atoms with E-state index in [2.05, 4.69) is 45.8 Å². The Balaban J connectivity index is 2.08. The van der Waals surface area contributed by atoms with Crippen molar-refractivity contribution in [1.82, 2.24) is 14.5 Å². The average molecular weight is 333 g/mol. The van der Waals surface area contributed by atoms with E-state index < -0.39 is 0 Å². The third kappa shape index (κ3) is 3.61. The molecule has 1 unspecified atom stereocenters. The predicted molar refractivity (Wildman–Crippen MR) is 95.4 cm³/mol. The van der Waals surface area contributed by atoms with Gasteiger partial charge in [-0.25, -0.2) is 14.3 Å². The van der Waals surface area contributed by atoms with Crippen LogP contribution in [-0.4, -0.2) is 52.8 Å². The predicted octanol–water partition coefficient (Wildman–Crippen LogP) is 2.40. The minimum atomic E-state index is -0.0568. The van der Waals surface area contributed by atoms with E-state index in [-0.39, 0.29) is 10.7 Å². The van der Waals surface area contributed by atoms with Gasteiger partial charge in [0.05, 0.1) is 13.2 Å². The summed E-state index contributed by atoms with van der Waals surface area (Å²) in [6.45, 7) is 4.57. The van der Waals surface area contributed by atoms with Gasteiger partial charge in [-0.05, 0) is 25.5 Å². The fraction of sp³-hybridized carbons (Fsp3) is 0.500. The Morgan fingerprint density at radius 2 is 2.17 bits per heavy atom. The van der Waals surface area contributed by atoms with Gasteiger partial charge in [0, 0.05) is 43.8 Å². The molecular formula is C16H23N5OS. The van der Waals surface area contributed by atoms with E-state index in [1.807, 2.05) is 17.8 Å². The fourth-order valence-corrected chi connectivity index (χ4v) is 3.21. The second-order valence-corrected chi connectivity index (χ2v) is 7.64. The second-order valence-electron chi connectivity index (χ2n) is 5.91. The van der Waals surface area contributed by atoms with Crippen LogP contribution in [0.4, 0.5) is 11.5 Å². The van der Waals surface area contributed by atoms with Gasteiger partial charge in [0.2, 0.25) is 0 Å². The average Bonchev–Trinajstić information content (AvgIpc) is 2.93. The SMILES string of the molecule is CC1COCCN1c1cc(N=S(C)C)nc(-c2nccn2C)c1. The number of aromatic nitrogens is 3. The zero-order valence-corrected chi connectivity index (χ0v) is 14.9. The molecule has 3 heterocycles. The van der Waals surface area contributed by atoms with Crippen molar-refractivity contribution >= 4 is 22.2 Å². The quantitative estimate of drug-likeness (QED) is 0.865. The summed E-state index contributed by atoms with van der Waals surface area (Å²) >= 11 is 0. The van der Waals surface area contributed by atoms with Crippen LogP contribution >= 0.6 is 0 Å². The van der Waals surface area contributed by atoms with E-state index in [9.17, 15) is 0 Å². The van der Waals surface area contributed by atoms with Crippen LogP contribution < -0.4 is 4.90 Å². The van der Waals surface area contributed by atoms with Crippen LogP contribution in [-0.2, 0) is 22.5 Å². The third-order valence-electron chi connectivity index (χ3n) is 3.82. The molecule has 0 radical (unpaired) electrons. The number of aryl methyl sites for hydroxylation is 1. The van der Waals surface area contributed by atoms with Crippen LogP contribution in [0.5, 0.6) is 0 Å². The largest absolute Gasteiger partial charge is 0.377 e. The molecule has 0 saturated carbocycles. The van der Waals surface area contributed by atoms with E-state index in [0.717, 1.165) is 42.8 Å². The van der Waals surface area contributed by atoms with Gasteiger partial charge in [0.1, 0.15) is 5.69 Å². The standard InChI is InChI=1S/C16H23N5OS/c1-12-11-22-8-7-21(12)13-9-14(16-17-5-6-20(16)2)18-15(10-13)19-23(3)4/h5-6,9-10,12H,7-8,11H2,1-4H3. The van der Waals surface area contributed by atoms with E-state index in [1.54, 1.807) is 6.20 Å². The fourth-order valence-electron chi connectivity index (χ4n) is 2.74. The first-order valence-electron chi connectivity index (χ1n) is 7.68. The van der Waals surface area contributed by atoms with Crippen LogP contribution in [0.3, 0.4) is 0 Å². The normalized spacial score (nSPS) is 18.5. The Hall–Kier alpha value is -1.73. The Labute approximate surface area is 139 Å². The second kappa shape index (κ2) is 6.80. The monoisotopic (exact) mass is 333 g/mol. The lowest BCUT2D eigenvalue weighted by atomic mass is 10.2. The molecule has 0 aromatic carbocycles. The van der Waals surface area contributed by atoms with Gasteiger partial charge in [-0.2, -0.15) is 0 Å². The zero-order chi connectivity index (χ0) is 16.4. The number of rotatable bonds is 3. The maximum atomic E-state index is 5.55. The smallest absolute Gasteiger partial charge is 0.161 e. The van der Waals surface area contributed by atoms with E-state index in [4.69, 9.17) is 9.72 Å². The Morgan fingerprint density at radius 1 is 1.35 bits per heavy atom. The molecule has 0 spiro atoms. The number of nitrogens with zero attached hydrogens (tertiary/aromatic N) is 5. The molecule has 0 aliphatic carbocycles. The summed E-state index contributed by atoms with van der Waals surface area (Å²) < 4.78 is 12.2. The molecule has 23 heavy (non-hydrogen) atoms. The molecule has 0 bridgehead atoms. The number of hydrogen-bond acceptors (Lipinski definition) is 5. The molecule has 2 aromatic rings. The molecular weight excluding hydrogens is 310 g/mol. The summed E-state index contributed by atoms with van der Waals surface area (Å²) in [6, 6.07) is 4.52. The van der Waals surface area contributed by atoms with Crippen molar-refractivity contribution in [2.45, 2.75) is 13.0 Å². The molecule has 1 aliphatic rings. The molecule has 6 nitrogen and oxygen atoms in total. The molecule has 124 valence electrons. The molecule has 1 aliphatic heterocycles. The number of ether oxygens (including phenoxy) is 1. The summed E-state index contributed by atoms with van der Waals surface area (Å²) in [7, 11) is 1.92. The lowest BCUT2D eigenvalue weighted by Gasteiger charge is -2.35. The van der Waals surface area contributed by atoms with Crippen LogP contribution in [0.2, 0.25) is 0 Å². The van der Waals surface area contributed by atoms with Crippen LogP contribution in [0, 0.1) is 0 Å². The minimum absolute atomic E-state index is 0.0568. The van der Waals surface area contributed by atoms with Gasteiger partial charge in [-0.15, -0.1) is 0 Å². The third-order valence-corrected chi connectivity index (χ3v) is 4.37. The maximum Gasteiger partial charge on any atom is 0.161 e. The van der Waals surface area contributed by atoms with Gasteiger partial charge in [0.25, 0.3) is 0 Å². The summed E-state index contributed by atoms with van der Waals surface area (Å²) in [6.07, 6.45) is 7.91. The van der Waals surface area contributed by atoms with Gasteiger partial charge < -0.3 is 14.2 Å². The van der Waals surface area contributed by atoms with Crippen molar-refractivity contribution in [2.24, 2.45) is 11.4 Å². The molecule has 1 atom stereocenters. The van der Waals surface area contributed by atoms with Gasteiger partial charge in [-0.3, -0.25) is 0 Å². The first kappa shape index (κ1) is 16.1. The molecule has 2 aromatic heterocycles. The highest BCUT2D eigenvalue weighted by Crippen LogP contribution is 2.29. The number of imidazole rings is 1. The minimum Gasteiger partial charge on any atom is -0.377 e. The van der Waals surface area contributed by atoms with Crippen LogP contribution in [0.25, 0.3) is 11.5 Å². The van der Waals surface area contributed by atoms with Crippen LogP contribution in [0.15, 0.2) is 28.9 Å². The number of hydrogen-bond donors (Lipinski definition) is 0. The lowest BCUT2D eigenvalue weighted by Crippen LogP contribution is -2.43. The summed E-state index contributed by atoms with van der Waals surface area (Å²) in [5, 5.41) is 0. The van der Waals surface area contributed by atoms with Crippen LogP contribution in [0.1, 0.15) is 6.92 Å². The first-order valence-corrected chi connectivity index (χ1v) is 9.68. The number of morpholine rings is 1. The van der Waals surface area contributed by atoms with Crippen molar-refractivity contribution < 1.29 is 4.74 Å². The van der Waals surface area contributed by atoms with Gasteiger partial charge in [0.15, 0.2) is 11.6 Å². The zero-order valence-electron chi connectivity index (χ0n) is 14.1. The Kier molecular flexibility index (Phi) is 4.77. The highest BCUT2D eigenvalue weighted by Gasteiger charge is 2.21. The van der Waals surface area contributed by atoms with Crippen molar-refractivity contribution in [3.05, 3.63) is 24.5 Å². The number of pyridine rings is 1. The Morgan fingerprint density at radius 3 is 2.83 bits per heavy atom. The molecule has 1 saturated heterocycles. The van der Waals surface area contributed by atoms with Crippen molar-refractivity contribution in [3.63, 3.8) is 0 Å². The molecule has 0 amide bonds. The van der Waals surface area contributed by atoms with Crippen molar-refractivity contribution in [3.8, 4) is 11.5 Å². The van der Waals surface area contributed by atoms with Gasteiger partial charge >= 0.3 is 0 Å². The van der Waals surface area contributed by atoms with Gasteiger partial charge in [-0.1, -0.05) is 10.7 Å². The highest BCUT2D eigenvalue weighted by molar-refractivity contribution is 7.85. The summed E-state index contributed by atoms with van der Waals surface area (Å²) in [5.74, 6) is 1.63. The topological polar surface area (TPSA) is 55.5 Å². The maximum absolute atomic E-state index is 5.55. The van der Waals surface area contributed by atoms with E-state index >= 15 is 0 Å². The molecule has 1 fully saturated rings.